The predicted octanol–water partition coefficient (Wildman–Crippen LogP) is 2.99. The normalized spacial score (nSPS) is 12.6. The van der Waals surface area contributed by atoms with Gasteiger partial charge in [-0.25, -0.2) is 0 Å². The van der Waals surface area contributed by atoms with E-state index in [4.69, 9.17) is 16.3 Å². The first kappa shape index (κ1) is 15.4. The lowest BCUT2D eigenvalue weighted by molar-refractivity contribution is 0.171. The number of benzene rings is 1. The Morgan fingerprint density at radius 2 is 2.10 bits per heavy atom. The number of rotatable bonds is 6. The lowest BCUT2D eigenvalue weighted by Gasteiger charge is -2.14. The minimum atomic E-state index is -0.794. The summed E-state index contributed by atoms with van der Waals surface area (Å²) in [5.41, 5.74) is 1.39. The number of thioether (sulfide) groups is 1. The Labute approximate surface area is 127 Å². The Kier molecular flexibility index (Phi) is 5.48. The molecule has 1 aromatic carbocycles. The van der Waals surface area contributed by atoms with Gasteiger partial charge in [0.05, 0.1) is 30.1 Å². The van der Waals surface area contributed by atoms with Gasteiger partial charge in [0.25, 0.3) is 0 Å². The fourth-order valence-corrected chi connectivity index (χ4v) is 2.60. The molecule has 0 spiro atoms. The van der Waals surface area contributed by atoms with Crippen molar-refractivity contribution in [2.75, 3.05) is 20.0 Å². The molecule has 108 valence electrons. The van der Waals surface area contributed by atoms with Crippen molar-refractivity contribution in [3.8, 4) is 0 Å². The first-order valence-electron chi connectivity index (χ1n) is 6.19. The third kappa shape index (κ3) is 3.35. The van der Waals surface area contributed by atoms with E-state index in [0.29, 0.717) is 23.9 Å². The molecule has 4 nitrogen and oxygen atoms in total. The van der Waals surface area contributed by atoms with Crippen LogP contribution >= 0.6 is 23.4 Å². The van der Waals surface area contributed by atoms with E-state index in [9.17, 15) is 5.11 Å². The quantitative estimate of drug-likeness (QED) is 0.833. The Morgan fingerprint density at radius 3 is 2.70 bits per heavy atom. The van der Waals surface area contributed by atoms with Crippen molar-refractivity contribution in [2.45, 2.75) is 17.5 Å². The number of hydrogen-bond acceptors (Lipinski definition) is 4. The van der Waals surface area contributed by atoms with Gasteiger partial charge in [-0.2, -0.15) is 5.10 Å². The number of methoxy groups -OCH3 is 1. The van der Waals surface area contributed by atoms with E-state index in [1.54, 1.807) is 29.8 Å². The molecule has 0 radical (unpaired) electrons. The van der Waals surface area contributed by atoms with Crippen LogP contribution in [0.5, 0.6) is 0 Å². The van der Waals surface area contributed by atoms with Gasteiger partial charge in [0, 0.05) is 12.0 Å². The molecule has 0 aliphatic heterocycles. The lowest BCUT2D eigenvalue weighted by atomic mass is 10.1. The van der Waals surface area contributed by atoms with E-state index in [1.165, 1.54) is 0 Å². The standard InChI is InChI=1S/C14H17ClN2O2S/c1-19-8-7-17-13(12(15)9-16-17)14(18)10-3-5-11(20-2)6-4-10/h3-6,9,14,18H,7-8H2,1-2H3. The summed E-state index contributed by atoms with van der Waals surface area (Å²) in [4.78, 5) is 1.15. The van der Waals surface area contributed by atoms with Crippen molar-refractivity contribution in [1.82, 2.24) is 9.78 Å². The Balaban J connectivity index is 2.26. The molecular weight excluding hydrogens is 296 g/mol. The van der Waals surface area contributed by atoms with Gasteiger partial charge in [-0.3, -0.25) is 4.68 Å². The molecule has 1 N–H and O–H groups in total. The average Bonchev–Trinajstić information content (AvgIpc) is 2.85. The maximum absolute atomic E-state index is 10.5. The smallest absolute Gasteiger partial charge is 0.122 e. The zero-order valence-corrected chi connectivity index (χ0v) is 13.0. The molecule has 0 saturated carbocycles. The first-order valence-corrected chi connectivity index (χ1v) is 7.79. The van der Waals surface area contributed by atoms with Crippen molar-refractivity contribution in [3.05, 3.63) is 46.7 Å². The highest BCUT2D eigenvalue weighted by atomic mass is 35.5. The van der Waals surface area contributed by atoms with Crippen LogP contribution in [0.25, 0.3) is 0 Å². The zero-order chi connectivity index (χ0) is 14.5. The molecule has 0 amide bonds. The Bertz CT molecular complexity index is 557. The summed E-state index contributed by atoms with van der Waals surface area (Å²) in [6.45, 7) is 1.07. The summed E-state index contributed by atoms with van der Waals surface area (Å²) in [6.07, 6.45) is 2.77. The maximum Gasteiger partial charge on any atom is 0.122 e. The third-order valence-corrected chi connectivity index (χ3v) is 4.07. The number of ether oxygens (including phenoxy) is 1. The molecule has 2 rings (SSSR count). The fourth-order valence-electron chi connectivity index (χ4n) is 1.94. The molecule has 1 atom stereocenters. The fraction of sp³-hybridized carbons (Fsp3) is 0.357. The monoisotopic (exact) mass is 312 g/mol. The minimum Gasteiger partial charge on any atom is -0.383 e. The van der Waals surface area contributed by atoms with Gasteiger partial charge < -0.3 is 9.84 Å². The highest BCUT2D eigenvalue weighted by Crippen LogP contribution is 2.29. The van der Waals surface area contributed by atoms with Crippen LogP contribution in [-0.2, 0) is 11.3 Å². The van der Waals surface area contributed by atoms with E-state index < -0.39 is 6.10 Å². The highest BCUT2D eigenvalue weighted by Gasteiger charge is 2.19. The number of nitrogens with zero attached hydrogens (tertiary/aromatic N) is 2. The summed E-state index contributed by atoms with van der Waals surface area (Å²) in [5.74, 6) is 0. The van der Waals surface area contributed by atoms with Crippen LogP contribution in [0.15, 0.2) is 35.4 Å². The second-order valence-electron chi connectivity index (χ2n) is 4.27. The molecule has 0 bridgehead atoms. The SMILES string of the molecule is COCCn1ncc(Cl)c1C(O)c1ccc(SC)cc1. The first-order chi connectivity index (χ1) is 9.67. The van der Waals surface area contributed by atoms with Crippen molar-refractivity contribution >= 4 is 23.4 Å². The molecule has 0 fully saturated rings. The van der Waals surface area contributed by atoms with Crippen LogP contribution in [0.3, 0.4) is 0 Å². The van der Waals surface area contributed by atoms with Gasteiger partial charge >= 0.3 is 0 Å². The van der Waals surface area contributed by atoms with Gasteiger partial charge in [0.2, 0.25) is 0 Å². The number of aliphatic hydroxyl groups excluding tert-OH is 1. The highest BCUT2D eigenvalue weighted by molar-refractivity contribution is 7.98. The number of aliphatic hydroxyl groups is 1. The molecule has 6 heteroatoms. The van der Waals surface area contributed by atoms with Crippen LogP contribution in [0.4, 0.5) is 0 Å². The minimum absolute atomic E-state index is 0.461. The van der Waals surface area contributed by atoms with Crippen molar-refractivity contribution in [3.63, 3.8) is 0 Å². The van der Waals surface area contributed by atoms with Crippen LogP contribution in [0.2, 0.25) is 5.02 Å². The topological polar surface area (TPSA) is 47.3 Å². The third-order valence-electron chi connectivity index (χ3n) is 3.03. The number of halogens is 1. The van der Waals surface area contributed by atoms with Crippen molar-refractivity contribution < 1.29 is 9.84 Å². The largest absolute Gasteiger partial charge is 0.383 e. The van der Waals surface area contributed by atoms with Gasteiger partial charge in [-0.1, -0.05) is 23.7 Å². The molecule has 2 aromatic rings. The van der Waals surface area contributed by atoms with Crippen LogP contribution in [-0.4, -0.2) is 34.9 Å². The van der Waals surface area contributed by atoms with Crippen LogP contribution in [0, 0.1) is 0 Å². The van der Waals surface area contributed by atoms with Gasteiger partial charge in [0.15, 0.2) is 0 Å². The lowest BCUT2D eigenvalue weighted by Crippen LogP contribution is -2.13. The summed E-state index contributed by atoms with van der Waals surface area (Å²) in [5, 5.41) is 15.1. The maximum atomic E-state index is 10.5. The second-order valence-corrected chi connectivity index (χ2v) is 5.56. The number of hydrogen-bond donors (Lipinski definition) is 1. The zero-order valence-electron chi connectivity index (χ0n) is 11.4. The van der Waals surface area contributed by atoms with E-state index in [0.717, 1.165) is 10.5 Å². The summed E-state index contributed by atoms with van der Waals surface area (Å²) < 4.78 is 6.72. The van der Waals surface area contributed by atoms with E-state index >= 15 is 0 Å². The molecule has 1 unspecified atom stereocenters. The molecular formula is C14H17ClN2O2S. The van der Waals surface area contributed by atoms with Gasteiger partial charge in [-0.05, 0) is 24.0 Å². The summed E-state index contributed by atoms with van der Waals surface area (Å²) in [6, 6.07) is 7.76. The van der Waals surface area contributed by atoms with E-state index in [1.807, 2.05) is 30.5 Å². The van der Waals surface area contributed by atoms with Crippen molar-refractivity contribution in [2.24, 2.45) is 0 Å². The van der Waals surface area contributed by atoms with Crippen molar-refractivity contribution in [1.29, 1.82) is 0 Å². The second kappa shape index (κ2) is 7.13. The van der Waals surface area contributed by atoms with Crippen LogP contribution < -0.4 is 0 Å². The van der Waals surface area contributed by atoms with Gasteiger partial charge in [0.1, 0.15) is 6.10 Å². The van der Waals surface area contributed by atoms with Gasteiger partial charge in [-0.15, -0.1) is 11.8 Å². The van der Waals surface area contributed by atoms with Crippen LogP contribution in [0.1, 0.15) is 17.4 Å². The Hall–Kier alpha value is -1.01. The molecule has 0 saturated heterocycles. The number of aromatic nitrogens is 2. The average molecular weight is 313 g/mol. The predicted molar refractivity (Wildman–Crippen MR) is 81.4 cm³/mol. The molecule has 1 heterocycles. The summed E-state index contributed by atoms with van der Waals surface area (Å²) >= 11 is 7.80. The van der Waals surface area contributed by atoms with E-state index in [-0.39, 0.29) is 0 Å². The Morgan fingerprint density at radius 1 is 1.40 bits per heavy atom. The molecule has 20 heavy (non-hydrogen) atoms. The molecule has 0 aliphatic carbocycles. The summed E-state index contributed by atoms with van der Waals surface area (Å²) in [7, 11) is 1.63. The molecule has 1 aromatic heterocycles. The van der Waals surface area contributed by atoms with E-state index in [2.05, 4.69) is 5.10 Å². The molecule has 0 aliphatic rings.